The molecule has 6 heteroatoms. The molecule has 19 heavy (non-hydrogen) atoms. The van der Waals surface area contributed by atoms with Crippen molar-refractivity contribution in [3.63, 3.8) is 0 Å². The lowest BCUT2D eigenvalue weighted by molar-refractivity contribution is -0.116. The Morgan fingerprint density at radius 2 is 2.00 bits per heavy atom. The van der Waals surface area contributed by atoms with Gasteiger partial charge in [-0.25, -0.2) is 14.7 Å². The summed E-state index contributed by atoms with van der Waals surface area (Å²) in [6.45, 7) is 5.98. The smallest absolute Gasteiger partial charge is 0.315 e. The van der Waals surface area contributed by atoms with E-state index < -0.39 is 0 Å². The van der Waals surface area contributed by atoms with Crippen LogP contribution in [0.5, 0.6) is 0 Å². The molecular formula is C13H18ClN3O2. The third kappa shape index (κ3) is 2.56. The minimum absolute atomic E-state index is 0. The van der Waals surface area contributed by atoms with Gasteiger partial charge in [0.1, 0.15) is 12.4 Å². The number of nitrogens with zero attached hydrogens (tertiary/aromatic N) is 3. The van der Waals surface area contributed by atoms with Gasteiger partial charge in [-0.15, -0.1) is 0 Å². The van der Waals surface area contributed by atoms with Gasteiger partial charge in [-0.1, -0.05) is 19.0 Å². The Balaban J connectivity index is 0.00000180. The van der Waals surface area contributed by atoms with Crippen molar-refractivity contribution < 1.29 is 9.59 Å². The largest absolute Gasteiger partial charge is 0.333 e. The topological polar surface area (TPSA) is 53.5 Å². The highest BCUT2D eigenvalue weighted by Crippen LogP contribution is 2.26. The Labute approximate surface area is 118 Å². The van der Waals surface area contributed by atoms with Crippen LogP contribution < -0.4 is 4.90 Å². The molecule has 0 bridgehead atoms. The van der Waals surface area contributed by atoms with Crippen molar-refractivity contribution in [1.29, 1.82) is 0 Å². The first-order valence-corrected chi connectivity index (χ1v) is 6.09. The summed E-state index contributed by atoms with van der Waals surface area (Å²) in [5.41, 5.74) is 1.32. The molecule has 1 aromatic rings. The Hall–Kier alpha value is -1.62. The monoisotopic (exact) mass is 283 g/mol. The molecule has 0 aliphatic carbocycles. The van der Waals surface area contributed by atoms with E-state index in [9.17, 15) is 9.59 Å². The highest BCUT2D eigenvalue weighted by Gasteiger charge is 2.37. The molecule has 0 N–H and O–H groups in total. The molecule has 0 spiro atoms. The summed E-state index contributed by atoms with van der Waals surface area (Å²) in [5, 5.41) is 0.530. The maximum absolute atomic E-state index is 12.1. The van der Waals surface area contributed by atoms with E-state index in [-0.39, 0.29) is 25.9 Å². The van der Waals surface area contributed by atoms with E-state index >= 15 is 0 Å². The summed E-state index contributed by atoms with van der Waals surface area (Å²) in [6.07, 6.45) is 0. The van der Waals surface area contributed by atoms with Crippen molar-refractivity contribution in [1.82, 2.24) is 9.88 Å². The third-order valence-corrected chi connectivity index (χ3v) is 3.33. The van der Waals surface area contributed by atoms with E-state index in [1.54, 1.807) is 19.9 Å². The fourth-order valence-electron chi connectivity index (χ4n) is 1.89. The first-order chi connectivity index (χ1) is 8.45. The number of amides is 3. The molecule has 5 nitrogen and oxygen atoms in total. The van der Waals surface area contributed by atoms with E-state index in [1.807, 2.05) is 6.92 Å². The fraction of sp³-hybridized carbons (Fsp3) is 0.462. The highest BCUT2D eigenvalue weighted by atomic mass is 35.5. The van der Waals surface area contributed by atoms with Crippen LogP contribution in [0.25, 0.3) is 0 Å². The lowest BCUT2D eigenvalue weighted by atomic mass is 10.2. The summed E-state index contributed by atoms with van der Waals surface area (Å²) >= 11 is 5.96. The molecule has 0 radical (unpaired) electrons. The average Bonchev–Trinajstić information content (AvgIpc) is 2.59. The number of aryl methyl sites for hydroxylation is 2. The van der Waals surface area contributed by atoms with E-state index in [1.165, 1.54) is 4.90 Å². The van der Waals surface area contributed by atoms with Crippen LogP contribution in [0.4, 0.5) is 10.6 Å². The molecule has 1 fully saturated rings. The van der Waals surface area contributed by atoms with Gasteiger partial charge in [0.25, 0.3) is 5.91 Å². The zero-order valence-corrected chi connectivity index (χ0v) is 11.3. The van der Waals surface area contributed by atoms with E-state index in [0.717, 1.165) is 4.90 Å². The molecule has 3 amide bonds. The lowest BCUT2D eigenvalue weighted by Crippen LogP contribution is -2.34. The number of urea groups is 1. The summed E-state index contributed by atoms with van der Waals surface area (Å²) < 4.78 is 0. The third-order valence-electron chi connectivity index (χ3n) is 2.95. The van der Waals surface area contributed by atoms with Crippen LogP contribution in [0.2, 0.25) is 5.02 Å². The maximum Gasteiger partial charge on any atom is 0.333 e. The predicted molar refractivity (Wildman–Crippen MR) is 75.6 cm³/mol. The van der Waals surface area contributed by atoms with Gasteiger partial charge in [-0.2, -0.15) is 0 Å². The lowest BCUT2D eigenvalue weighted by Gasteiger charge is -2.17. The second-order valence-corrected chi connectivity index (χ2v) is 4.63. The van der Waals surface area contributed by atoms with Crippen LogP contribution in [-0.2, 0) is 4.79 Å². The molecule has 104 valence electrons. The maximum atomic E-state index is 12.1. The molecule has 2 rings (SSSR count). The zero-order valence-electron chi connectivity index (χ0n) is 10.5. The van der Waals surface area contributed by atoms with Gasteiger partial charge in [0.15, 0.2) is 0 Å². The van der Waals surface area contributed by atoms with Crippen molar-refractivity contribution in [3.05, 3.63) is 22.3 Å². The molecule has 1 aliphatic rings. The Kier molecular flexibility index (Phi) is 4.52. The van der Waals surface area contributed by atoms with Crippen LogP contribution in [0.1, 0.15) is 25.6 Å². The minimum Gasteiger partial charge on any atom is -0.315 e. The summed E-state index contributed by atoms with van der Waals surface area (Å²) in [4.78, 5) is 30.8. The standard InChI is InChI=1S/C12H14ClN3O2.CH4/c1-4-15-6-10(17)16(12(15)18)11-7(2)5-9(13)8(3)14-11;/h5H,4,6H2,1-3H3;1H4. The Morgan fingerprint density at radius 3 is 2.53 bits per heavy atom. The van der Waals surface area contributed by atoms with Gasteiger partial charge >= 0.3 is 6.03 Å². The second-order valence-electron chi connectivity index (χ2n) is 4.22. The molecule has 0 atom stereocenters. The molecule has 1 saturated heterocycles. The number of hydrogen-bond acceptors (Lipinski definition) is 3. The summed E-state index contributed by atoms with van der Waals surface area (Å²) in [6, 6.07) is 1.40. The first kappa shape index (κ1) is 15.4. The van der Waals surface area contributed by atoms with Gasteiger partial charge in [-0.3, -0.25) is 4.79 Å². The zero-order chi connectivity index (χ0) is 13.4. The van der Waals surface area contributed by atoms with Crippen LogP contribution in [0, 0.1) is 13.8 Å². The average molecular weight is 284 g/mol. The number of imide groups is 1. The normalized spacial score (nSPS) is 14.9. The molecule has 0 aromatic carbocycles. The van der Waals surface area contributed by atoms with Crippen LogP contribution in [-0.4, -0.2) is 34.9 Å². The number of carbonyl (C=O) groups is 2. The van der Waals surface area contributed by atoms with Crippen molar-refractivity contribution in [2.24, 2.45) is 0 Å². The number of pyridine rings is 1. The van der Waals surface area contributed by atoms with Crippen LogP contribution in [0.3, 0.4) is 0 Å². The Morgan fingerprint density at radius 1 is 1.37 bits per heavy atom. The molecule has 1 aromatic heterocycles. The number of carbonyl (C=O) groups excluding carboxylic acids is 2. The highest BCUT2D eigenvalue weighted by molar-refractivity contribution is 6.31. The van der Waals surface area contributed by atoms with Crippen molar-refractivity contribution in [2.45, 2.75) is 28.2 Å². The van der Waals surface area contributed by atoms with Crippen LogP contribution in [0.15, 0.2) is 6.07 Å². The summed E-state index contributed by atoms with van der Waals surface area (Å²) in [7, 11) is 0. The predicted octanol–water partition coefficient (Wildman–Crippen LogP) is 2.78. The molecule has 2 heterocycles. The number of rotatable bonds is 2. The quantitative estimate of drug-likeness (QED) is 0.784. The van der Waals surface area contributed by atoms with Gasteiger partial charge in [0.05, 0.1) is 10.7 Å². The van der Waals surface area contributed by atoms with Crippen LogP contribution >= 0.6 is 11.6 Å². The number of aromatic nitrogens is 1. The van der Waals surface area contributed by atoms with E-state index in [0.29, 0.717) is 28.6 Å². The van der Waals surface area contributed by atoms with Gasteiger partial charge < -0.3 is 4.90 Å². The minimum atomic E-state index is -0.320. The fourth-order valence-corrected chi connectivity index (χ4v) is 2.10. The molecule has 1 aliphatic heterocycles. The number of hydrogen-bond donors (Lipinski definition) is 0. The van der Waals surface area contributed by atoms with Crippen molar-refractivity contribution >= 4 is 29.4 Å². The number of anilines is 1. The van der Waals surface area contributed by atoms with E-state index in [4.69, 9.17) is 11.6 Å². The van der Waals surface area contributed by atoms with Crippen molar-refractivity contribution in [2.75, 3.05) is 18.0 Å². The van der Waals surface area contributed by atoms with E-state index in [2.05, 4.69) is 4.98 Å². The van der Waals surface area contributed by atoms with Gasteiger partial charge in [0, 0.05) is 6.54 Å². The molecular weight excluding hydrogens is 266 g/mol. The van der Waals surface area contributed by atoms with Gasteiger partial charge in [-0.05, 0) is 32.4 Å². The number of halogens is 1. The van der Waals surface area contributed by atoms with Gasteiger partial charge in [0.2, 0.25) is 0 Å². The molecule has 0 saturated carbocycles. The summed E-state index contributed by atoms with van der Waals surface area (Å²) in [5.74, 6) is 0.127. The van der Waals surface area contributed by atoms with Crippen molar-refractivity contribution in [3.8, 4) is 0 Å². The Bertz CT molecular complexity index is 531. The second kappa shape index (κ2) is 5.57. The SMILES string of the molecule is C.CCN1CC(=O)N(c2nc(C)c(Cl)cc2C)C1=O. The number of likely N-dealkylation sites (N-methyl/N-ethyl adjacent to an activating group) is 1. The molecule has 0 unspecified atom stereocenters. The first-order valence-electron chi connectivity index (χ1n) is 5.71.